The summed E-state index contributed by atoms with van der Waals surface area (Å²) in [5, 5.41) is 8.32. The molecule has 0 N–H and O–H groups in total. The van der Waals surface area contributed by atoms with Gasteiger partial charge in [-0.05, 0) is 12.5 Å². The van der Waals surface area contributed by atoms with Crippen molar-refractivity contribution in [2.24, 2.45) is 0 Å². The Balaban J connectivity index is 3.99. The summed E-state index contributed by atoms with van der Waals surface area (Å²) < 4.78 is 0. The molecular weight excluding hydrogens is 122 g/mol. The summed E-state index contributed by atoms with van der Waals surface area (Å²) in [5.41, 5.74) is 1.03. The second-order valence-electron chi connectivity index (χ2n) is 1.79. The van der Waals surface area contributed by atoms with E-state index >= 15 is 0 Å². The molecule has 52 valence electrons. The van der Waals surface area contributed by atoms with Crippen molar-refractivity contribution >= 4 is 0 Å². The zero-order chi connectivity index (χ0) is 7.82. The molecule has 0 aromatic carbocycles. The summed E-state index contributed by atoms with van der Waals surface area (Å²) >= 11 is 0. The lowest BCUT2D eigenvalue weighted by molar-refractivity contribution is 1.26. The van der Waals surface area contributed by atoms with Gasteiger partial charge in [-0.15, -0.1) is 0 Å². The number of nitriles is 1. The molecule has 0 spiro atoms. The van der Waals surface area contributed by atoms with Crippen molar-refractivity contribution in [3.63, 3.8) is 0 Å². The average molecular weight is 133 g/mol. The van der Waals surface area contributed by atoms with Gasteiger partial charge in [-0.25, -0.2) is 0 Å². The van der Waals surface area contributed by atoms with Crippen molar-refractivity contribution in [3.8, 4) is 6.07 Å². The molecule has 0 aliphatic rings. The van der Waals surface area contributed by atoms with Crippen LogP contribution in [0.5, 0.6) is 0 Å². The highest BCUT2D eigenvalue weighted by Crippen LogP contribution is 2.00. The lowest BCUT2D eigenvalue weighted by atomic mass is 10.2. The molecule has 0 radical (unpaired) electrons. The molecule has 0 aliphatic heterocycles. The second-order valence-corrected chi connectivity index (χ2v) is 1.79. The smallest absolute Gasteiger partial charge is 0.0669 e. The summed E-state index contributed by atoms with van der Waals surface area (Å²) in [6.07, 6.45) is 7.80. The first-order valence-electron chi connectivity index (χ1n) is 3.16. The molecule has 0 atom stereocenters. The van der Waals surface area contributed by atoms with Crippen LogP contribution in [0.4, 0.5) is 0 Å². The summed E-state index contributed by atoms with van der Waals surface area (Å²) in [7, 11) is 0. The SMILES string of the molecule is C=C/C=C\C(=C/C)CC#N. The highest BCUT2D eigenvalue weighted by Gasteiger charge is 1.85. The topological polar surface area (TPSA) is 23.8 Å². The fraction of sp³-hybridized carbons (Fsp3) is 0.222. The maximum Gasteiger partial charge on any atom is 0.0669 e. The van der Waals surface area contributed by atoms with Crippen LogP contribution in [0.2, 0.25) is 0 Å². The van der Waals surface area contributed by atoms with E-state index < -0.39 is 0 Å². The van der Waals surface area contributed by atoms with Crippen LogP contribution in [0.15, 0.2) is 36.5 Å². The van der Waals surface area contributed by atoms with Crippen LogP contribution >= 0.6 is 0 Å². The minimum Gasteiger partial charge on any atom is -0.198 e. The van der Waals surface area contributed by atoms with Crippen molar-refractivity contribution in [3.05, 3.63) is 36.5 Å². The fourth-order valence-electron chi connectivity index (χ4n) is 0.540. The van der Waals surface area contributed by atoms with E-state index in [1.54, 1.807) is 6.08 Å². The quantitative estimate of drug-likeness (QED) is 0.543. The number of nitrogens with zero attached hydrogens (tertiary/aromatic N) is 1. The van der Waals surface area contributed by atoms with Crippen molar-refractivity contribution in [2.45, 2.75) is 13.3 Å². The van der Waals surface area contributed by atoms with E-state index in [2.05, 4.69) is 12.6 Å². The van der Waals surface area contributed by atoms with Crippen LogP contribution in [0.25, 0.3) is 0 Å². The van der Waals surface area contributed by atoms with E-state index in [0.29, 0.717) is 6.42 Å². The van der Waals surface area contributed by atoms with Crippen LogP contribution in [0.1, 0.15) is 13.3 Å². The largest absolute Gasteiger partial charge is 0.198 e. The van der Waals surface area contributed by atoms with Gasteiger partial charge >= 0.3 is 0 Å². The highest BCUT2D eigenvalue weighted by molar-refractivity contribution is 5.23. The van der Waals surface area contributed by atoms with Crippen molar-refractivity contribution in [1.82, 2.24) is 0 Å². The van der Waals surface area contributed by atoms with Gasteiger partial charge in [0.2, 0.25) is 0 Å². The van der Waals surface area contributed by atoms with E-state index in [0.717, 1.165) is 5.57 Å². The number of hydrogen-bond acceptors (Lipinski definition) is 1. The summed E-state index contributed by atoms with van der Waals surface area (Å²) in [6, 6.07) is 2.07. The van der Waals surface area contributed by atoms with Crippen LogP contribution in [0, 0.1) is 11.3 Å². The Morgan fingerprint density at radius 1 is 1.70 bits per heavy atom. The van der Waals surface area contributed by atoms with Crippen molar-refractivity contribution < 1.29 is 0 Å². The molecule has 0 aromatic heterocycles. The Labute approximate surface area is 62.0 Å². The predicted molar refractivity (Wildman–Crippen MR) is 43.3 cm³/mol. The van der Waals surface area contributed by atoms with E-state index in [1.807, 2.05) is 25.2 Å². The highest BCUT2D eigenvalue weighted by atomic mass is 14.2. The van der Waals surface area contributed by atoms with E-state index in [4.69, 9.17) is 5.26 Å². The van der Waals surface area contributed by atoms with Gasteiger partial charge in [0.1, 0.15) is 0 Å². The van der Waals surface area contributed by atoms with Crippen molar-refractivity contribution in [2.75, 3.05) is 0 Å². The first-order valence-corrected chi connectivity index (χ1v) is 3.16. The Morgan fingerprint density at radius 3 is 2.80 bits per heavy atom. The second kappa shape index (κ2) is 5.84. The zero-order valence-corrected chi connectivity index (χ0v) is 6.17. The number of hydrogen-bond donors (Lipinski definition) is 0. The Kier molecular flexibility index (Phi) is 5.09. The minimum absolute atomic E-state index is 0.473. The maximum atomic E-state index is 8.32. The molecule has 0 saturated heterocycles. The van der Waals surface area contributed by atoms with Crippen molar-refractivity contribution in [1.29, 1.82) is 5.26 Å². The summed E-state index contributed by atoms with van der Waals surface area (Å²) in [6.45, 7) is 5.45. The predicted octanol–water partition coefficient (Wildman–Crippen LogP) is 2.59. The third kappa shape index (κ3) is 3.68. The van der Waals surface area contributed by atoms with Crippen LogP contribution in [0.3, 0.4) is 0 Å². The van der Waals surface area contributed by atoms with Crippen LogP contribution in [-0.4, -0.2) is 0 Å². The minimum atomic E-state index is 0.473. The fourth-order valence-corrected chi connectivity index (χ4v) is 0.540. The summed E-state index contributed by atoms with van der Waals surface area (Å²) in [5.74, 6) is 0. The number of rotatable bonds is 3. The standard InChI is InChI=1S/C9H11N/c1-3-5-6-9(4-2)7-8-10/h3-6H,1,7H2,2H3/b6-5-,9-4+. The zero-order valence-electron chi connectivity index (χ0n) is 6.17. The Hall–Kier alpha value is -1.29. The maximum absolute atomic E-state index is 8.32. The molecule has 0 bridgehead atoms. The van der Waals surface area contributed by atoms with Gasteiger partial charge in [-0.2, -0.15) is 5.26 Å². The molecule has 10 heavy (non-hydrogen) atoms. The van der Waals surface area contributed by atoms with Gasteiger partial charge in [-0.1, -0.05) is 30.9 Å². The summed E-state index contributed by atoms with van der Waals surface area (Å²) in [4.78, 5) is 0. The van der Waals surface area contributed by atoms with Crippen LogP contribution in [-0.2, 0) is 0 Å². The molecule has 1 heteroatoms. The van der Waals surface area contributed by atoms with Gasteiger partial charge < -0.3 is 0 Å². The molecular formula is C9H11N. The van der Waals surface area contributed by atoms with E-state index in [-0.39, 0.29) is 0 Å². The monoisotopic (exact) mass is 133 g/mol. The molecule has 0 unspecified atom stereocenters. The lowest BCUT2D eigenvalue weighted by Gasteiger charge is -1.88. The molecule has 0 saturated carbocycles. The van der Waals surface area contributed by atoms with Gasteiger partial charge in [-0.3, -0.25) is 0 Å². The van der Waals surface area contributed by atoms with Gasteiger partial charge in [0, 0.05) is 0 Å². The van der Waals surface area contributed by atoms with Gasteiger partial charge in [0.25, 0.3) is 0 Å². The first-order chi connectivity index (χ1) is 4.85. The molecule has 1 nitrogen and oxygen atoms in total. The van der Waals surface area contributed by atoms with E-state index in [1.165, 1.54) is 0 Å². The van der Waals surface area contributed by atoms with Gasteiger partial charge in [0.05, 0.1) is 12.5 Å². The molecule has 0 rings (SSSR count). The Bertz CT molecular complexity index is 191. The third-order valence-corrected chi connectivity index (χ3v) is 1.10. The molecule has 0 amide bonds. The normalized spacial score (nSPS) is 11.4. The lowest BCUT2D eigenvalue weighted by Crippen LogP contribution is -1.72. The average Bonchev–Trinajstić information content (AvgIpc) is 1.98. The molecule has 0 aliphatic carbocycles. The van der Waals surface area contributed by atoms with E-state index in [9.17, 15) is 0 Å². The molecule has 0 fully saturated rings. The third-order valence-electron chi connectivity index (χ3n) is 1.10. The number of allylic oxidation sites excluding steroid dienone is 5. The Morgan fingerprint density at radius 2 is 2.40 bits per heavy atom. The van der Waals surface area contributed by atoms with Gasteiger partial charge in [0.15, 0.2) is 0 Å². The molecule has 0 heterocycles. The van der Waals surface area contributed by atoms with Crippen LogP contribution < -0.4 is 0 Å². The first kappa shape index (κ1) is 8.71. The molecule has 0 aromatic rings.